The number of hydrogen-bond acceptors (Lipinski definition) is 6. The number of alkyl halides is 3. The van der Waals surface area contributed by atoms with E-state index in [1.165, 1.54) is 13.0 Å². The summed E-state index contributed by atoms with van der Waals surface area (Å²) in [6.45, 7) is 2.34. The summed E-state index contributed by atoms with van der Waals surface area (Å²) in [7, 11) is 0. The number of aromatic nitrogens is 1. The van der Waals surface area contributed by atoms with E-state index < -0.39 is 24.9 Å². The quantitative estimate of drug-likeness (QED) is 0.648. The minimum Gasteiger partial charge on any atom is -0.468 e. The van der Waals surface area contributed by atoms with Crippen LogP contribution in [0, 0.1) is 0 Å². The molecular weight excluding hydrogens is 415 g/mol. The zero-order valence-electron chi connectivity index (χ0n) is 16.8. The number of rotatable bonds is 6. The smallest absolute Gasteiger partial charge is 0.422 e. The van der Waals surface area contributed by atoms with E-state index in [1.54, 1.807) is 4.90 Å². The Morgan fingerprint density at radius 2 is 1.74 bits per heavy atom. The molecule has 1 atom stereocenters. The Balaban J connectivity index is 1.48. The molecule has 31 heavy (non-hydrogen) atoms. The molecule has 1 aromatic heterocycles. The fourth-order valence-electron chi connectivity index (χ4n) is 3.10. The summed E-state index contributed by atoms with van der Waals surface area (Å²) in [5.41, 5.74) is 1.09. The van der Waals surface area contributed by atoms with Gasteiger partial charge in [0.1, 0.15) is 0 Å². The zero-order valence-corrected chi connectivity index (χ0v) is 16.8. The summed E-state index contributed by atoms with van der Waals surface area (Å²) in [6.07, 6.45) is -4.44. The molecule has 3 rings (SSSR count). The summed E-state index contributed by atoms with van der Waals surface area (Å²) < 4.78 is 46.2. The lowest BCUT2D eigenvalue weighted by molar-refractivity contribution is -0.154. The number of ether oxygens (including phenoxy) is 2. The van der Waals surface area contributed by atoms with Crippen LogP contribution in [-0.2, 0) is 9.53 Å². The van der Waals surface area contributed by atoms with E-state index in [-0.39, 0.29) is 17.4 Å². The Labute approximate surface area is 177 Å². The molecule has 7 nitrogen and oxygen atoms in total. The van der Waals surface area contributed by atoms with Crippen LogP contribution in [0.1, 0.15) is 17.3 Å². The summed E-state index contributed by atoms with van der Waals surface area (Å²) in [6, 6.07) is 12.2. The molecule has 0 bridgehead atoms. The topological polar surface area (TPSA) is 72.0 Å². The number of benzene rings is 1. The predicted molar refractivity (Wildman–Crippen MR) is 106 cm³/mol. The van der Waals surface area contributed by atoms with Gasteiger partial charge in [-0.25, -0.2) is 9.78 Å². The van der Waals surface area contributed by atoms with Gasteiger partial charge in [-0.15, -0.1) is 0 Å². The standard InChI is InChI=1S/C21H22F3N3O4/c1-15(19(28)27-11-9-26(10-12-27)17-5-3-2-4-6-17)31-20(29)16-7-8-18(25-13-16)30-14-21(22,23)24/h2-8,13,15H,9-12,14H2,1H3. The number of carbonyl (C=O) groups excluding carboxylic acids is 2. The first-order valence-corrected chi connectivity index (χ1v) is 9.68. The van der Waals surface area contributed by atoms with Crippen molar-refractivity contribution in [3.8, 4) is 5.88 Å². The van der Waals surface area contributed by atoms with Crippen molar-refractivity contribution in [3.05, 3.63) is 54.2 Å². The molecule has 1 amide bonds. The lowest BCUT2D eigenvalue weighted by atomic mass is 10.2. The van der Waals surface area contributed by atoms with E-state index >= 15 is 0 Å². The molecule has 1 aliphatic rings. The molecule has 0 radical (unpaired) electrons. The Kier molecular flexibility index (Phi) is 6.98. The molecule has 1 saturated heterocycles. The minimum atomic E-state index is -4.48. The maximum absolute atomic E-state index is 12.6. The second kappa shape index (κ2) is 9.67. The number of piperazine rings is 1. The van der Waals surface area contributed by atoms with Gasteiger partial charge in [-0.05, 0) is 25.1 Å². The monoisotopic (exact) mass is 437 g/mol. The van der Waals surface area contributed by atoms with E-state index in [4.69, 9.17) is 4.74 Å². The normalized spacial score (nSPS) is 15.4. The molecule has 0 spiro atoms. The first-order valence-electron chi connectivity index (χ1n) is 9.68. The van der Waals surface area contributed by atoms with Crippen LogP contribution >= 0.6 is 0 Å². The molecule has 1 unspecified atom stereocenters. The van der Waals surface area contributed by atoms with E-state index in [0.29, 0.717) is 26.2 Å². The lowest BCUT2D eigenvalue weighted by Gasteiger charge is -2.37. The third kappa shape index (κ3) is 6.34. The van der Waals surface area contributed by atoms with Crippen molar-refractivity contribution in [1.29, 1.82) is 0 Å². The maximum atomic E-state index is 12.6. The van der Waals surface area contributed by atoms with Gasteiger partial charge in [-0.2, -0.15) is 13.2 Å². The van der Waals surface area contributed by atoms with Crippen LogP contribution in [-0.4, -0.2) is 66.8 Å². The van der Waals surface area contributed by atoms with E-state index in [1.807, 2.05) is 30.3 Å². The third-order valence-electron chi connectivity index (χ3n) is 4.70. The number of para-hydroxylation sites is 1. The molecule has 1 aromatic carbocycles. The molecule has 2 aromatic rings. The molecule has 1 fully saturated rings. The van der Waals surface area contributed by atoms with Crippen LogP contribution < -0.4 is 9.64 Å². The highest BCUT2D eigenvalue weighted by molar-refractivity contribution is 5.92. The summed E-state index contributed by atoms with van der Waals surface area (Å²) in [5, 5.41) is 0. The van der Waals surface area contributed by atoms with Crippen molar-refractivity contribution in [2.24, 2.45) is 0 Å². The number of hydrogen-bond donors (Lipinski definition) is 0. The van der Waals surface area contributed by atoms with Crippen LogP contribution in [0.4, 0.5) is 18.9 Å². The van der Waals surface area contributed by atoms with Gasteiger partial charge in [0.2, 0.25) is 5.88 Å². The van der Waals surface area contributed by atoms with Gasteiger partial charge in [0.25, 0.3) is 5.91 Å². The number of nitrogens with zero attached hydrogens (tertiary/aromatic N) is 3. The molecule has 2 heterocycles. The van der Waals surface area contributed by atoms with Gasteiger partial charge in [-0.1, -0.05) is 18.2 Å². The van der Waals surface area contributed by atoms with Crippen LogP contribution in [0.15, 0.2) is 48.7 Å². The molecule has 10 heteroatoms. The highest BCUT2D eigenvalue weighted by atomic mass is 19.4. The van der Waals surface area contributed by atoms with Crippen molar-refractivity contribution in [1.82, 2.24) is 9.88 Å². The molecule has 0 aliphatic carbocycles. The van der Waals surface area contributed by atoms with Crippen LogP contribution in [0.2, 0.25) is 0 Å². The molecule has 1 aliphatic heterocycles. The summed E-state index contributed by atoms with van der Waals surface area (Å²) in [5.74, 6) is -1.37. The van der Waals surface area contributed by atoms with Crippen molar-refractivity contribution >= 4 is 17.6 Å². The van der Waals surface area contributed by atoms with E-state index in [9.17, 15) is 22.8 Å². The number of amides is 1. The zero-order chi connectivity index (χ0) is 22.4. The average molecular weight is 437 g/mol. The fourth-order valence-corrected chi connectivity index (χ4v) is 3.10. The fraction of sp³-hybridized carbons (Fsp3) is 0.381. The summed E-state index contributed by atoms with van der Waals surface area (Å²) >= 11 is 0. The summed E-state index contributed by atoms with van der Waals surface area (Å²) in [4.78, 5) is 32.4. The Morgan fingerprint density at radius 1 is 1.06 bits per heavy atom. The number of anilines is 1. The van der Waals surface area contributed by atoms with Crippen molar-refractivity contribution in [3.63, 3.8) is 0 Å². The van der Waals surface area contributed by atoms with Gasteiger partial charge in [-0.3, -0.25) is 4.79 Å². The minimum absolute atomic E-state index is 0.00732. The molecule has 166 valence electrons. The van der Waals surface area contributed by atoms with Gasteiger partial charge < -0.3 is 19.3 Å². The highest BCUT2D eigenvalue weighted by Gasteiger charge is 2.29. The van der Waals surface area contributed by atoms with Crippen LogP contribution in [0.3, 0.4) is 0 Å². The number of esters is 1. The second-order valence-electron chi connectivity index (χ2n) is 6.98. The highest BCUT2D eigenvalue weighted by Crippen LogP contribution is 2.18. The van der Waals surface area contributed by atoms with E-state index in [2.05, 4.69) is 14.6 Å². The van der Waals surface area contributed by atoms with Crippen molar-refractivity contribution < 1.29 is 32.2 Å². The van der Waals surface area contributed by atoms with Gasteiger partial charge in [0.05, 0.1) is 5.56 Å². The molecule has 0 N–H and O–H groups in total. The lowest BCUT2D eigenvalue weighted by Crippen LogP contribution is -2.51. The Bertz CT molecular complexity index is 883. The van der Waals surface area contributed by atoms with Crippen molar-refractivity contribution in [2.75, 3.05) is 37.7 Å². The first kappa shape index (κ1) is 22.4. The third-order valence-corrected chi connectivity index (χ3v) is 4.70. The SMILES string of the molecule is CC(OC(=O)c1ccc(OCC(F)(F)F)nc1)C(=O)N1CCN(c2ccccc2)CC1. The number of carbonyl (C=O) groups is 2. The predicted octanol–water partition coefficient (Wildman–Crippen LogP) is 2.92. The van der Waals surface area contributed by atoms with Gasteiger partial charge >= 0.3 is 12.1 Å². The van der Waals surface area contributed by atoms with Gasteiger partial charge in [0.15, 0.2) is 12.7 Å². The van der Waals surface area contributed by atoms with E-state index in [0.717, 1.165) is 18.0 Å². The number of pyridine rings is 1. The molecular formula is C21H22F3N3O4. The number of halogens is 3. The Morgan fingerprint density at radius 3 is 2.32 bits per heavy atom. The largest absolute Gasteiger partial charge is 0.468 e. The average Bonchev–Trinajstić information content (AvgIpc) is 2.77. The van der Waals surface area contributed by atoms with Crippen LogP contribution in [0.5, 0.6) is 5.88 Å². The van der Waals surface area contributed by atoms with Crippen LogP contribution in [0.25, 0.3) is 0 Å². The Hall–Kier alpha value is -3.30. The van der Waals surface area contributed by atoms with Crippen molar-refractivity contribution in [2.45, 2.75) is 19.2 Å². The molecule has 0 saturated carbocycles. The second-order valence-corrected chi connectivity index (χ2v) is 6.98. The first-order chi connectivity index (χ1) is 14.7. The van der Waals surface area contributed by atoms with Gasteiger partial charge in [0, 0.05) is 44.1 Å². The maximum Gasteiger partial charge on any atom is 0.422 e.